The van der Waals surface area contributed by atoms with Crippen LogP contribution in [0.2, 0.25) is 0 Å². The first-order valence-corrected chi connectivity index (χ1v) is 6.43. The molecule has 0 radical (unpaired) electrons. The van der Waals surface area contributed by atoms with E-state index in [4.69, 9.17) is 9.47 Å². The van der Waals surface area contributed by atoms with E-state index in [1.54, 1.807) is 13.2 Å². The summed E-state index contributed by atoms with van der Waals surface area (Å²) in [5.74, 6) is 1.57. The molecule has 0 aliphatic heterocycles. The normalized spacial score (nSPS) is 12.0. The van der Waals surface area contributed by atoms with Gasteiger partial charge in [-0.3, -0.25) is 0 Å². The highest BCUT2D eigenvalue weighted by Crippen LogP contribution is 2.34. The van der Waals surface area contributed by atoms with E-state index in [2.05, 4.69) is 5.32 Å². The van der Waals surface area contributed by atoms with Crippen LogP contribution in [0.15, 0.2) is 42.5 Å². The lowest BCUT2D eigenvalue weighted by Gasteiger charge is -2.17. The number of ether oxygens (including phenoxy) is 2. The van der Waals surface area contributed by atoms with E-state index >= 15 is 0 Å². The van der Waals surface area contributed by atoms with Gasteiger partial charge in [0.25, 0.3) is 0 Å². The number of para-hydroxylation sites is 2. The first-order chi connectivity index (χ1) is 9.65. The molecular formula is C16H18FNO2. The second-order valence-electron chi connectivity index (χ2n) is 4.45. The predicted octanol–water partition coefficient (Wildman–Crippen LogP) is 3.91. The van der Waals surface area contributed by atoms with Crippen LogP contribution < -0.4 is 14.8 Å². The first kappa shape index (κ1) is 14.3. The van der Waals surface area contributed by atoms with Crippen molar-refractivity contribution in [2.75, 3.05) is 14.2 Å². The standard InChI is InChI=1S/C16H18FNO2/c1-11(18-2)13-10-12(17)8-9-14(13)20-16-7-5-4-6-15(16)19-3/h4-11,18H,1-3H3. The Kier molecular flexibility index (Phi) is 4.58. The van der Waals surface area contributed by atoms with Gasteiger partial charge in [0.2, 0.25) is 0 Å². The van der Waals surface area contributed by atoms with E-state index < -0.39 is 0 Å². The molecule has 20 heavy (non-hydrogen) atoms. The van der Waals surface area contributed by atoms with Crippen molar-refractivity contribution in [3.05, 3.63) is 53.8 Å². The first-order valence-electron chi connectivity index (χ1n) is 6.43. The molecule has 0 aliphatic rings. The smallest absolute Gasteiger partial charge is 0.169 e. The van der Waals surface area contributed by atoms with Gasteiger partial charge >= 0.3 is 0 Å². The van der Waals surface area contributed by atoms with Crippen LogP contribution in [0.4, 0.5) is 4.39 Å². The zero-order valence-corrected chi connectivity index (χ0v) is 11.8. The summed E-state index contributed by atoms with van der Waals surface area (Å²) in [4.78, 5) is 0. The van der Waals surface area contributed by atoms with E-state index in [1.807, 2.05) is 38.2 Å². The third kappa shape index (κ3) is 3.08. The number of nitrogens with one attached hydrogen (secondary N) is 1. The Morgan fingerprint density at radius 1 is 1.05 bits per heavy atom. The molecule has 0 bridgehead atoms. The largest absolute Gasteiger partial charge is 0.493 e. The van der Waals surface area contributed by atoms with Crippen LogP contribution in [0.3, 0.4) is 0 Å². The van der Waals surface area contributed by atoms with Crippen LogP contribution in [-0.2, 0) is 0 Å². The van der Waals surface area contributed by atoms with Gasteiger partial charge in [-0.05, 0) is 44.3 Å². The Morgan fingerprint density at radius 3 is 2.40 bits per heavy atom. The Morgan fingerprint density at radius 2 is 1.75 bits per heavy atom. The van der Waals surface area contributed by atoms with Gasteiger partial charge in [0.15, 0.2) is 11.5 Å². The third-order valence-corrected chi connectivity index (χ3v) is 3.16. The maximum atomic E-state index is 13.4. The van der Waals surface area contributed by atoms with Crippen molar-refractivity contribution in [3.63, 3.8) is 0 Å². The topological polar surface area (TPSA) is 30.5 Å². The third-order valence-electron chi connectivity index (χ3n) is 3.16. The van der Waals surface area contributed by atoms with Crippen molar-refractivity contribution >= 4 is 0 Å². The van der Waals surface area contributed by atoms with Crippen molar-refractivity contribution in [2.24, 2.45) is 0 Å². The minimum atomic E-state index is -0.283. The van der Waals surface area contributed by atoms with Gasteiger partial charge in [0.05, 0.1) is 7.11 Å². The minimum Gasteiger partial charge on any atom is -0.493 e. The van der Waals surface area contributed by atoms with Gasteiger partial charge in [-0.1, -0.05) is 12.1 Å². The van der Waals surface area contributed by atoms with Crippen LogP contribution in [0, 0.1) is 5.82 Å². The molecule has 2 aromatic carbocycles. The van der Waals surface area contributed by atoms with E-state index in [9.17, 15) is 4.39 Å². The summed E-state index contributed by atoms with van der Waals surface area (Å²) >= 11 is 0. The Labute approximate surface area is 118 Å². The molecule has 1 atom stereocenters. The molecule has 106 valence electrons. The number of benzene rings is 2. The van der Waals surface area contributed by atoms with E-state index in [0.717, 1.165) is 5.56 Å². The Hall–Kier alpha value is -2.07. The number of halogens is 1. The number of rotatable bonds is 5. The molecule has 0 aromatic heterocycles. The fourth-order valence-corrected chi connectivity index (χ4v) is 1.93. The molecular weight excluding hydrogens is 257 g/mol. The van der Waals surface area contributed by atoms with Crippen molar-refractivity contribution in [3.8, 4) is 17.2 Å². The summed E-state index contributed by atoms with van der Waals surface area (Å²) in [5.41, 5.74) is 0.762. The maximum absolute atomic E-state index is 13.4. The highest BCUT2D eigenvalue weighted by molar-refractivity contribution is 5.45. The predicted molar refractivity (Wildman–Crippen MR) is 76.9 cm³/mol. The average Bonchev–Trinajstić information content (AvgIpc) is 2.48. The highest BCUT2D eigenvalue weighted by atomic mass is 19.1. The monoisotopic (exact) mass is 275 g/mol. The number of hydrogen-bond acceptors (Lipinski definition) is 3. The van der Waals surface area contributed by atoms with Gasteiger partial charge in [-0.15, -0.1) is 0 Å². The molecule has 1 N–H and O–H groups in total. The lowest BCUT2D eigenvalue weighted by atomic mass is 10.1. The zero-order chi connectivity index (χ0) is 14.5. The molecule has 3 nitrogen and oxygen atoms in total. The van der Waals surface area contributed by atoms with E-state index in [-0.39, 0.29) is 11.9 Å². The Bertz CT molecular complexity index is 586. The molecule has 0 amide bonds. The van der Waals surface area contributed by atoms with Crippen LogP contribution >= 0.6 is 0 Å². The quantitative estimate of drug-likeness (QED) is 0.897. The van der Waals surface area contributed by atoms with Gasteiger partial charge in [-0.25, -0.2) is 4.39 Å². The van der Waals surface area contributed by atoms with Gasteiger partial charge in [0, 0.05) is 11.6 Å². The van der Waals surface area contributed by atoms with Crippen molar-refractivity contribution < 1.29 is 13.9 Å². The number of methoxy groups -OCH3 is 1. The summed E-state index contributed by atoms with van der Waals surface area (Å²) < 4.78 is 24.6. The van der Waals surface area contributed by atoms with Crippen molar-refractivity contribution in [1.82, 2.24) is 5.32 Å². The minimum absolute atomic E-state index is 0.0181. The van der Waals surface area contributed by atoms with Crippen molar-refractivity contribution in [1.29, 1.82) is 0 Å². The molecule has 0 saturated carbocycles. The second kappa shape index (κ2) is 6.39. The fourth-order valence-electron chi connectivity index (χ4n) is 1.93. The van der Waals surface area contributed by atoms with Crippen LogP contribution in [-0.4, -0.2) is 14.2 Å². The SMILES string of the molecule is CNC(C)c1cc(F)ccc1Oc1ccccc1OC. The summed E-state index contributed by atoms with van der Waals surface area (Å²) in [6, 6.07) is 11.8. The second-order valence-corrected chi connectivity index (χ2v) is 4.45. The zero-order valence-electron chi connectivity index (χ0n) is 11.8. The molecule has 0 aliphatic carbocycles. The summed E-state index contributed by atoms with van der Waals surface area (Å²) in [6.45, 7) is 1.95. The van der Waals surface area contributed by atoms with Crippen LogP contribution in [0.1, 0.15) is 18.5 Å². The van der Waals surface area contributed by atoms with Crippen LogP contribution in [0.5, 0.6) is 17.2 Å². The Balaban J connectivity index is 2.38. The van der Waals surface area contributed by atoms with E-state index in [0.29, 0.717) is 17.2 Å². The molecule has 0 spiro atoms. The van der Waals surface area contributed by atoms with Gasteiger partial charge < -0.3 is 14.8 Å². The number of hydrogen-bond donors (Lipinski definition) is 1. The lowest BCUT2D eigenvalue weighted by molar-refractivity contribution is 0.376. The van der Waals surface area contributed by atoms with E-state index in [1.165, 1.54) is 12.1 Å². The van der Waals surface area contributed by atoms with Crippen LogP contribution in [0.25, 0.3) is 0 Å². The molecule has 2 aromatic rings. The summed E-state index contributed by atoms with van der Waals surface area (Å²) in [7, 11) is 3.41. The summed E-state index contributed by atoms with van der Waals surface area (Å²) in [6.07, 6.45) is 0. The molecule has 2 rings (SSSR count). The molecule has 0 fully saturated rings. The van der Waals surface area contributed by atoms with Crippen molar-refractivity contribution in [2.45, 2.75) is 13.0 Å². The molecule has 0 saturated heterocycles. The molecule has 0 heterocycles. The maximum Gasteiger partial charge on any atom is 0.169 e. The molecule has 4 heteroatoms. The van der Waals surface area contributed by atoms with Gasteiger partial charge in [0.1, 0.15) is 11.6 Å². The van der Waals surface area contributed by atoms with Gasteiger partial charge in [-0.2, -0.15) is 0 Å². The molecule has 1 unspecified atom stereocenters. The lowest BCUT2D eigenvalue weighted by Crippen LogP contribution is -2.13. The average molecular weight is 275 g/mol. The highest BCUT2D eigenvalue weighted by Gasteiger charge is 2.13. The summed E-state index contributed by atoms with van der Waals surface area (Å²) in [5, 5.41) is 3.09. The fraction of sp³-hybridized carbons (Fsp3) is 0.250.